The van der Waals surface area contributed by atoms with Gasteiger partial charge in [-0.25, -0.2) is 0 Å². The first-order valence-corrected chi connectivity index (χ1v) is 6.63. The van der Waals surface area contributed by atoms with Gasteiger partial charge in [0.25, 0.3) is 0 Å². The number of nitrogens with one attached hydrogen (secondary N) is 1. The topological polar surface area (TPSA) is 47.3 Å². The Morgan fingerprint density at radius 2 is 2.22 bits per heavy atom. The van der Waals surface area contributed by atoms with Crippen molar-refractivity contribution in [1.82, 2.24) is 5.32 Å². The summed E-state index contributed by atoms with van der Waals surface area (Å²) in [5, 5.41) is 4.14. The zero-order valence-electron chi connectivity index (χ0n) is 10.1. The second-order valence-corrected chi connectivity index (χ2v) is 5.32. The summed E-state index contributed by atoms with van der Waals surface area (Å²) < 4.78 is 5.81. The summed E-state index contributed by atoms with van der Waals surface area (Å²) >= 11 is 11.8. The molecule has 0 radical (unpaired) electrons. The van der Waals surface area contributed by atoms with Crippen molar-refractivity contribution < 1.29 is 4.74 Å². The molecule has 2 atom stereocenters. The van der Waals surface area contributed by atoms with Crippen LogP contribution in [0.25, 0.3) is 0 Å². The lowest BCUT2D eigenvalue weighted by Gasteiger charge is -2.17. The van der Waals surface area contributed by atoms with Gasteiger partial charge < -0.3 is 15.8 Å². The van der Waals surface area contributed by atoms with Crippen molar-refractivity contribution in [2.75, 3.05) is 6.54 Å². The highest BCUT2D eigenvalue weighted by atomic mass is 35.5. The molecule has 0 amide bonds. The molecule has 1 aromatic carbocycles. The molecule has 1 heterocycles. The Kier molecular flexibility index (Phi) is 4.25. The molecule has 5 heteroatoms. The molecule has 3 N–H and O–H groups in total. The molecule has 18 heavy (non-hydrogen) atoms. The molecule has 0 bridgehead atoms. The number of hydrogen-bond acceptors (Lipinski definition) is 3. The zero-order chi connectivity index (χ0) is 13.1. The number of rotatable bonds is 4. The van der Waals surface area contributed by atoms with Gasteiger partial charge >= 0.3 is 0 Å². The summed E-state index contributed by atoms with van der Waals surface area (Å²) in [5.74, 6) is 1.91. The maximum Gasteiger partial charge on any atom is 0.121 e. The van der Waals surface area contributed by atoms with Crippen LogP contribution in [0, 0.1) is 5.92 Å². The predicted octanol–water partition coefficient (Wildman–Crippen LogP) is 3.17. The average Bonchev–Trinajstić information content (AvgIpc) is 2.69. The molecule has 1 aliphatic rings. The number of benzene rings is 1. The van der Waals surface area contributed by atoms with E-state index in [9.17, 15) is 0 Å². The van der Waals surface area contributed by atoms with Crippen LogP contribution in [0.1, 0.15) is 13.3 Å². The summed E-state index contributed by atoms with van der Waals surface area (Å²) in [6.45, 7) is 2.91. The van der Waals surface area contributed by atoms with Crippen molar-refractivity contribution in [3.8, 4) is 5.75 Å². The van der Waals surface area contributed by atoms with Crippen molar-refractivity contribution in [2.45, 2.75) is 19.4 Å². The summed E-state index contributed by atoms with van der Waals surface area (Å²) in [5.41, 5.74) is 5.67. The Morgan fingerprint density at radius 1 is 1.44 bits per heavy atom. The molecule has 3 nitrogen and oxygen atoms in total. The van der Waals surface area contributed by atoms with Crippen molar-refractivity contribution in [2.24, 2.45) is 11.7 Å². The van der Waals surface area contributed by atoms with E-state index in [1.54, 1.807) is 12.1 Å². The van der Waals surface area contributed by atoms with E-state index < -0.39 is 0 Å². The third kappa shape index (κ3) is 3.47. The van der Waals surface area contributed by atoms with Crippen LogP contribution in [-0.4, -0.2) is 12.6 Å². The first-order valence-electron chi connectivity index (χ1n) is 5.87. The van der Waals surface area contributed by atoms with Crippen LogP contribution < -0.4 is 15.8 Å². The second kappa shape index (κ2) is 5.72. The van der Waals surface area contributed by atoms with Crippen molar-refractivity contribution in [1.29, 1.82) is 0 Å². The van der Waals surface area contributed by atoms with E-state index in [1.807, 2.05) is 19.1 Å². The normalized spacial score (nSPS) is 20.2. The van der Waals surface area contributed by atoms with Gasteiger partial charge in [0.1, 0.15) is 5.75 Å². The molecule has 0 aromatic heterocycles. The molecule has 0 aliphatic carbocycles. The molecule has 0 saturated heterocycles. The van der Waals surface area contributed by atoms with Crippen LogP contribution >= 0.6 is 23.2 Å². The van der Waals surface area contributed by atoms with Gasteiger partial charge in [-0.1, -0.05) is 23.2 Å². The minimum Gasteiger partial charge on any atom is -0.491 e. The third-order valence-electron chi connectivity index (χ3n) is 2.85. The van der Waals surface area contributed by atoms with Gasteiger partial charge in [-0.2, -0.15) is 0 Å². The molecule has 98 valence electrons. The summed E-state index contributed by atoms with van der Waals surface area (Å²) in [4.78, 5) is 0. The lowest BCUT2D eigenvalue weighted by Crippen LogP contribution is -2.21. The number of nitrogens with two attached hydrogens (primary N) is 1. The fraction of sp³-hybridized carbons (Fsp3) is 0.385. The van der Waals surface area contributed by atoms with Crippen LogP contribution in [0.2, 0.25) is 10.0 Å². The van der Waals surface area contributed by atoms with E-state index in [4.69, 9.17) is 33.7 Å². The van der Waals surface area contributed by atoms with Gasteiger partial charge in [0, 0.05) is 18.5 Å². The minimum atomic E-state index is 0.0937. The highest BCUT2D eigenvalue weighted by Crippen LogP contribution is 2.27. The van der Waals surface area contributed by atoms with Crippen LogP contribution in [-0.2, 0) is 0 Å². The minimum absolute atomic E-state index is 0.0937. The SMILES string of the molecule is C[C@H](C[C@H]1C=C(N)NC1)Oc1ccc(Cl)c(Cl)c1. The number of ether oxygens (including phenoxy) is 1. The van der Waals surface area contributed by atoms with E-state index in [0.717, 1.165) is 24.5 Å². The van der Waals surface area contributed by atoms with Gasteiger partial charge in [-0.3, -0.25) is 0 Å². The molecule has 0 spiro atoms. The molecule has 2 rings (SSSR count). The highest BCUT2D eigenvalue weighted by molar-refractivity contribution is 6.42. The Hall–Kier alpha value is -1.06. The van der Waals surface area contributed by atoms with E-state index in [1.165, 1.54) is 0 Å². The van der Waals surface area contributed by atoms with E-state index in [2.05, 4.69) is 5.32 Å². The maximum atomic E-state index is 5.94. The molecule has 0 saturated carbocycles. The predicted molar refractivity (Wildman–Crippen MR) is 74.9 cm³/mol. The van der Waals surface area contributed by atoms with Crippen molar-refractivity contribution in [3.05, 3.63) is 40.1 Å². The fourth-order valence-corrected chi connectivity index (χ4v) is 2.32. The van der Waals surface area contributed by atoms with Gasteiger partial charge in [-0.15, -0.1) is 0 Å². The van der Waals surface area contributed by atoms with Gasteiger partial charge in [0.2, 0.25) is 0 Å². The molecular formula is C13H16Cl2N2O. The Labute approximate surface area is 117 Å². The quantitative estimate of drug-likeness (QED) is 0.894. The molecule has 0 unspecified atom stereocenters. The Morgan fingerprint density at radius 3 is 2.83 bits per heavy atom. The molecule has 1 aromatic rings. The Bertz CT molecular complexity index is 462. The lowest BCUT2D eigenvalue weighted by molar-refractivity contribution is 0.197. The lowest BCUT2D eigenvalue weighted by atomic mass is 10.0. The van der Waals surface area contributed by atoms with Gasteiger partial charge in [0.05, 0.1) is 22.0 Å². The van der Waals surface area contributed by atoms with Crippen LogP contribution in [0.3, 0.4) is 0 Å². The molecular weight excluding hydrogens is 271 g/mol. The monoisotopic (exact) mass is 286 g/mol. The van der Waals surface area contributed by atoms with Crippen molar-refractivity contribution >= 4 is 23.2 Å². The summed E-state index contributed by atoms with van der Waals surface area (Å²) in [7, 11) is 0. The van der Waals surface area contributed by atoms with Crippen molar-refractivity contribution in [3.63, 3.8) is 0 Å². The van der Waals surface area contributed by atoms with E-state index >= 15 is 0 Å². The fourth-order valence-electron chi connectivity index (χ4n) is 2.03. The van der Waals surface area contributed by atoms with Gasteiger partial charge in [-0.05, 0) is 31.6 Å². The van der Waals surface area contributed by atoms with Gasteiger partial charge in [0.15, 0.2) is 0 Å². The van der Waals surface area contributed by atoms with E-state index in [0.29, 0.717) is 16.0 Å². The first-order chi connectivity index (χ1) is 8.54. The van der Waals surface area contributed by atoms with Crippen LogP contribution in [0.4, 0.5) is 0 Å². The van der Waals surface area contributed by atoms with E-state index in [-0.39, 0.29) is 6.10 Å². The van der Waals surface area contributed by atoms with Crippen LogP contribution in [0.5, 0.6) is 5.75 Å². The molecule has 0 fully saturated rings. The first kappa shape index (κ1) is 13.4. The summed E-state index contributed by atoms with van der Waals surface area (Å²) in [6.07, 6.45) is 3.04. The largest absolute Gasteiger partial charge is 0.491 e. The standard InChI is InChI=1S/C13H16Cl2N2O/c1-8(4-9-5-13(16)17-7-9)18-10-2-3-11(14)12(15)6-10/h2-3,5-6,8-9,17H,4,7,16H2,1H3/t8-,9+/m1/s1. The summed E-state index contributed by atoms with van der Waals surface area (Å²) in [6, 6.07) is 5.29. The highest BCUT2D eigenvalue weighted by Gasteiger charge is 2.17. The second-order valence-electron chi connectivity index (χ2n) is 4.50. The Balaban J connectivity index is 1.90. The average molecular weight is 287 g/mol. The number of hydrogen-bond donors (Lipinski definition) is 2. The third-order valence-corrected chi connectivity index (χ3v) is 3.59. The van der Waals surface area contributed by atoms with Crippen LogP contribution in [0.15, 0.2) is 30.1 Å². The molecule has 1 aliphatic heterocycles. The maximum absolute atomic E-state index is 5.94. The zero-order valence-corrected chi connectivity index (χ0v) is 11.6. The number of halogens is 2. The smallest absolute Gasteiger partial charge is 0.121 e.